The Kier molecular flexibility index (Phi) is 48.1. The molecule has 8 N–H and O–H groups in total. The number of hydrogen-bond acceptors (Lipinski definition) is 10. The number of hydrogen-bond donors (Lipinski definition) is 8. The topological polar surface area (TPSA) is 189 Å². The van der Waals surface area contributed by atoms with Gasteiger partial charge in [0.25, 0.3) is 0 Å². The van der Waals surface area contributed by atoms with Crippen molar-refractivity contribution in [2.75, 3.05) is 13.2 Å². The number of aliphatic hydroxyl groups is 7. The smallest absolute Gasteiger partial charge is 0.249 e. The molecular formula is C62H115NO10. The minimum atomic E-state index is -1.68. The van der Waals surface area contributed by atoms with Gasteiger partial charge in [-0.3, -0.25) is 4.79 Å². The lowest BCUT2D eigenvalue weighted by atomic mass is 9.98. The van der Waals surface area contributed by atoms with Crippen LogP contribution in [-0.2, 0) is 14.3 Å². The molecule has 0 aromatic carbocycles. The molecular weight excluding hydrogens is 919 g/mol. The maximum Gasteiger partial charge on any atom is 0.249 e. The first-order valence-electron chi connectivity index (χ1n) is 30.5. The highest BCUT2D eigenvalue weighted by Gasteiger charge is 2.44. The Labute approximate surface area is 447 Å². The first-order chi connectivity index (χ1) is 35.7. The van der Waals surface area contributed by atoms with Gasteiger partial charge in [0.05, 0.1) is 25.4 Å². The second kappa shape index (κ2) is 50.9. The third kappa shape index (κ3) is 39.1. The molecule has 0 saturated carbocycles. The Morgan fingerprint density at radius 1 is 0.479 bits per heavy atom. The molecule has 0 aromatic rings. The first kappa shape index (κ1) is 69.1. The van der Waals surface area contributed by atoms with E-state index in [1.807, 2.05) is 0 Å². The molecule has 1 rings (SSSR count). The van der Waals surface area contributed by atoms with E-state index in [1.54, 1.807) is 0 Å². The Bertz CT molecular complexity index is 1320. The Morgan fingerprint density at radius 2 is 0.863 bits per heavy atom. The van der Waals surface area contributed by atoms with Crippen LogP contribution in [0.4, 0.5) is 0 Å². The molecule has 1 aliphatic heterocycles. The first-order valence-corrected chi connectivity index (χ1v) is 30.5. The Hall–Kier alpha value is -1.93. The molecule has 11 nitrogen and oxygen atoms in total. The molecule has 0 radical (unpaired) electrons. The summed E-state index contributed by atoms with van der Waals surface area (Å²) in [5, 5.41) is 76.1. The van der Waals surface area contributed by atoms with Gasteiger partial charge in [-0.25, -0.2) is 0 Å². The number of carbonyl (C=O) groups is 1. The van der Waals surface area contributed by atoms with E-state index in [0.29, 0.717) is 19.3 Å². The molecule has 0 aromatic heterocycles. The number of nitrogens with one attached hydrogen (secondary N) is 1. The molecule has 1 amide bonds. The molecule has 1 aliphatic rings. The van der Waals surface area contributed by atoms with Gasteiger partial charge in [0.2, 0.25) is 5.91 Å². The molecule has 11 heteroatoms. The number of aliphatic hydroxyl groups excluding tert-OH is 7. The van der Waals surface area contributed by atoms with Gasteiger partial charge in [0, 0.05) is 0 Å². The van der Waals surface area contributed by atoms with Crippen LogP contribution in [0, 0.1) is 0 Å². The van der Waals surface area contributed by atoms with Crippen molar-refractivity contribution in [3.8, 4) is 0 Å². The molecule has 0 spiro atoms. The SMILES string of the molecule is CCCCC/C=C\C/C=C\CCCCCCCCC(O)C(=O)NC(COC1OC(CO)C(O)C(O)C1O)C(O)C(O)CCC/C=C/CC/C=C/CCCCCCCCCCCCCCCCCCCCCCC. The lowest BCUT2D eigenvalue weighted by molar-refractivity contribution is -0.303. The van der Waals surface area contributed by atoms with Gasteiger partial charge in [0.1, 0.15) is 36.6 Å². The van der Waals surface area contributed by atoms with Gasteiger partial charge in [0.15, 0.2) is 6.29 Å². The summed E-state index contributed by atoms with van der Waals surface area (Å²) in [7, 11) is 0. The molecule has 1 heterocycles. The molecule has 428 valence electrons. The molecule has 1 fully saturated rings. The van der Waals surface area contributed by atoms with Crippen molar-refractivity contribution in [3.63, 3.8) is 0 Å². The quantitative estimate of drug-likeness (QED) is 0.0215. The fraction of sp³-hybridized carbons (Fsp3) is 0.855. The van der Waals surface area contributed by atoms with Crippen LogP contribution in [-0.4, -0.2) is 110 Å². The normalized spacial score (nSPS) is 20.3. The summed E-state index contributed by atoms with van der Waals surface area (Å²) in [6, 6.07) is -1.20. The monoisotopic (exact) mass is 1030 g/mol. The fourth-order valence-corrected chi connectivity index (χ4v) is 9.61. The standard InChI is InChI=1S/C62H115NO10/c1-3-5-7-9-11-13-15-17-19-21-22-23-24-25-26-27-28-29-30-31-32-33-34-36-37-39-41-43-45-47-49-54(65)57(67)53(52-72-62-60(70)59(69)58(68)56(51-64)73-62)63-61(71)55(66)50-48-46-44-42-40-38-35-20-18-16-14-12-10-8-6-4-2/h12,14,18,20,34,36,41,43,53-60,62,64-70H,3-11,13,15-17,19,21-33,35,37-40,42,44-52H2,1-2H3,(H,63,71)/b14-12-,20-18-,36-34+,43-41+. The second-order valence-corrected chi connectivity index (χ2v) is 21.4. The Morgan fingerprint density at radius 3 is 1.33 bits per heavy atom. The predicted octanol–water partition coefficient (Wildman–Crippen LogP) is 13.2. The van der Waals surface area contributed by atoms with Crippen molar-refractivity contribution in [2.24, 2.45) is 0 Å². The van der Waals surface area contributed by atoms with E-state index < -0.39 is 74.2 Å². The van der Waals surface area contributed by atoms with Crippen LogP contribution in [0.5, 0.6) is 0 Å². The van der Waals surface area contributed by atoms with E-state index in [4.69, 9.17) is 9.47 Å². The van der Waals surface area contributed by atoms with Crippen molar-refractivity contribution in [2.45, 2.75) is 326 Å². The molecule has 0 aliphatic carbocycles. The average Bonchev–Trinajstić information content (AvgIpc) is 3.39. The minimum absolute atomic E-state index is 0.237. The van der Waals surface area contributed by atoms with Crippen LogP contribution < -0.4 is 5.32 Å². The summed E-state index contributed by atoms with van der Waals surface area (Å²) in [6.45, 7) is 3.42. The zero-order valence-corrected chi connectivity index (χ0v) is 46.9. The van der Waals surface area contributed by atoms with Crippen molar-refractivity contribution in [1.82, 2.24) is 5.32 Å². The number of ether oxygens (including phenoxy) is 2. The minimum Gasteiger partial charge on any atom is -0.394 e. The summed E-state index contributed by atoms with van der Waals surface area (Å²) >= 11 is 0. The van der Waals surface area contributed by atoms with Crippen LogP contribution in [0.3, 0.4) is 0 Å². The summed E-state index contributed by atoms with van der Waals surface area (Å²) < 4.78 is 11.1. The predicted molar refractivity (Wildman–Crippen MR) is 302 cm³/mol. The van der Waals surface area contributed by atoms with Crippen LogP contribution in [0.15, 0.2) is 48.6 Å². The third-order valence-corrected chi connectivity index (χ3v) is 14.6. The zero-order chi connectivity index (χ0) is 53.3. The average molecular weight is 1030 g/mol. The summed E-state index contributed by atoms with van der Waals surface area (Å²) in [6.07, 6.45) is 53.3. The van der Waals surface area contributed by atoms with E-state index in [0.717, 1.165) is 70.6 Å². The van der Waals surface area contributed by atoms with Gasteiger partial charge >= 0.3 is 0 Å². The van der Waals surface area contributed by atoms with E-state index in [2.05, 4.69) is 67.8 Å². The number of carbonyl (C=O) groups excluding carboxylic acids is 1. The summed E-state index contributed by atoms with van der Waals surface area (Å²) in [4.78, 5) is 13.2. The Balaban J connectivity index is 2.28. The molecule has 9 unspecified atom stereocenters. The van der Waals surface area contributed by atoms with Crippen LogP contribution in [0.25, 0.3) is 0 Å². The molecule has 73 heavy (non-hydrogen) atoms. The highest BCUT2D eigenvalue weighted by Crippen LogP contribution is 2.23. The van der Waals surface area contributed by atoms with Gasteiger partial charge in [-0.1, -0.05) is 236 Å². The van der Waals surface area contributed by atoms with Crippen LogP contribution in [0.2, 0.25) is 0 Å². The van der Waals surface area contributed by atoms with Crippen LogP contribution >= 0.6 is 0 Å². The van der Waals surface area contributed by atoms with E-state index in [-0.39, 0.29) is 12.8 Å². The fourth-order valence-electron chi connectivity index (χ4n) is 9.61. The van der Waals surface area contributed by atoms with Gasteiger partial charge in [-0.2, -0.15) is 0 Å². The highest BCUT2D eigenvalue weighted by atomic mass is 16.7. The lowest BCUT2D eigenvalue weighted by Crippen LogP contribution is -2.60. The summed E-state index contributed by atoms with van der Waals surface area (Å²) in [5.41, 5.74) is 0. The van der Waals surface area contributed by atoms with E-state index in [1.165, 1.54) is 154 Å². The van der Waals surface area contributed by atoms with E-state index in [9.17, 15) is 40.5 Å². The third-order valence-electron chi connectivity index (χ3n) is 14.6. The number of unbranched alkanes of at least 4 members (excludes halogenated alkanes) is 32. The molecule has 9 atom stereocenters. The highest BCUT2D eigenvalue weighted by molar-refractivity contribution is 5.80. The second-order valence-electron chi connectivity index (χ2n) is 21.4. The van der Waals surface area contributed by atoms with Crippen molar-refractivity contribution >= 4 is 5.91 Å². The van der Waals surface area contributed by atoms with Crippen molar-refractivity contribution < 1.29 is 50.0 Å². The van der Waals surface area contributed by atoms with Crippen LogP contribution in [0.1, 0.15) is 271 Å². The van der Waals surface area contributed by atoms with E-state index >= 15 is 0 Å². The summed E-state index contributed by atoms with van der Waals surface area (Å²) in [5.74, 6) is -0.718. The lowest BCUT2D eigenvalue weighted by Gasteiger charge is -2.40. The maximum absolute atomic E-state index is 13.2. The van der Waals surface area contributed by atoms with Crippen molar-refractivity contribution in [3.05, 3.63) is 48.6 Å². The number of rotatable bonds is 52. The van der Waals surface area contributed by atoms with Gasteiger partial charge < -0.3 is 50.5 Å². The largest absolute Gasteiger partial charge is 0.394 e. The number of allylic oxidation sites excluding steroid dienone is 8. The molecule has 0 bridgehead atoms. The molecule has 1 saturated heterocycles. The van der Waals surface area contributed by atoms with Gasteiger partial charge in [-0.15, -0.1) is 0 Å². The number of amides is 1. The zero-order valence-electron chi connectivity index (χ0n) is 46.9. The van der Waals surface area contributed by atoms with Crippen molar-refractivity contribution in [1.29, 1.82) is 0 Å². The maximum atomic E-state index is 13.2. The van der Waals surface area contributed by atoms with Gasteiger partial charge in [-0.05, 0) is 83.5 Å².